The van der Waals surface area contributed by atoms with Gasteiger partial charge in [0.1, 0.15) is 0 Å². The van der Waals surface area contributed by atoms with Gasteiger partial charge in [-0.05, 0) is 0 Å². The van der Waals surface area contributed by atoms with Crippen LogP contribution in [0.15, 0.2) is 0 Å². The third-order valence-corrected chi connectivity index (χ3v) is 2.61. The number of carbonyl (C=O) groups excluding carboxylic acids is 1. The van der Waals surface area contributed by atoms with Gasteiger partial charge in [-0.3, -0.25) is 0 Å². The minimum Gasteiger partial charge on any atom is -0.549 e. The summed E-state index contributed by atoms with van der Waals surface area (Å²) in [7, 11) is -3.39. The first-order chi connectivity index (χ1) is 5.48. The number of carboxylic acid groups (broad SMARTS) is 1. The SMILES string of the molecule is O=C([O-])OCCS(=O)(=O)CCO. The van der Waals surface area contributed by atoms with Crippen molar-refractivity contribution in [1.82, 2.24) is 0 Å². The van der Waals surface area contributed by atoms with E-state index in [1.54, 1.807) is 0 Å². The number of aliphatic hydroxyl groups is 1. The molecule has 0 saturated heterocycles. The van der Waals surface area contributed by atoms with Crippen LogP contribution in [0.25, 0.3) is 0 Å². The standard InChI is InChI=1S/C5H10O6S/c6-1-3-12(9,10)4-2-11-5(7)8/h6H,1-4H2,(H,7,8)/p-1. The Balaban J connectivity index is 3.69. The molecule has 0 unspecified atom stereocenters. The maximum absolute atomic E-state index is 10.8. The lowest BCUT2D eigenvalue weighted by molar-refractivity contribution is -0.282. The summed E-state index contributed by atoms with van der Waals surface area (Å²) in [6, 6.07) is 0. The molecular weight excluding hydrogens is 188 g/mol. The van der Waals surface area contributed by atoms with Gasteiger partial charge < -0.3 is 19.7 Å². The summed E-state index contributed by atoms with van der Waals surface area (Å²) in [5.41, 5.74) is 0. The molecule has 72 valence electrons. The summed E-state index contributed by atoms with van der Waals surface area (Å²) in [5, 5.41) is 17.9. The van der Waals surface area contributed by atoms with Crippen LogP contribution in [0.1, 0.15) is 0 Å². The monoisotopic (exact) mass is 197 g/mol. The first-order valence-corrected chi connectivity index (χ1v) is 4.95. The second kappa shape index (κ2) is 4.94. The maximum Gasteiger partial charge on any atom is 0.252 e. The zero-order chi connectivity index (χ0) is 9.61. The van der Waals surface area contributed by atoms with Crippen LogP contribution < -0.4 is 5.11 Å². The van der Waals surface area contributed by atoms with Gasteiger partial charge in [0.15, 0.2) is 9.84 Å². The first-order valence-electron chi connectivity index (χ1n) is 3.13. The maximum atomic E-state index is 10.8. The lowest BCUT2D eigenvalue weighted by Crippen LogP contribution is -2.27. The van der Waals surface area contributed by atoms with E-state index in [2.05, 4.69) is 4.74 Å². The van der Waals surface area contributed by atoms with Gasteiger partial charge in [-0.25, -0.2) is 8.42 Å². The van der Waals surface area contributed by atoms with E-state index in [1.807, 2.05) is 0 Å². The van der Waals surface area contributed by atoms with Crippen molar-refractivity contribution in [2.75, 3.05) is 24.7 Å². The second-order valence-electron chi connectivity index (χ2n) is 1.97. The van der Waals surface area contributed by atoms with Gasteiger partial charge in [-0.15, -0.1) is 0 Å². The van der Waals surface area contributed by atoms with Gasteiger partial charge in [0.2, 0.25) is 0 Å². The minimum atomic E-state index is -3.39. The Kier molecular flexibility index (Phi) is 4.60. The number of rotatable bonds is 5. The predicted molar refractivity (Wildman–Crippen MR) is 37.1 cm³/mol. The molecule has 7 heteroatoms. The zero-order valence-corrected chi connectivity index (χ0v) is 7.04. The molecule has 0 heterocycles. The van der Waals surface area contributed by atoms with Crippen molar-refractivity contribution in [3.05, 3.63) is 0 Å². The highest BCUT2D eigenvalue weighted by Crippen LogP contribution is 1.89. The Labute approximate surface area is 69.7 Å². The van der Waals surface area contributed by atoms with Crippen LogP contribution in [-0.4, -0.2) is 44.4 Å². The molecule has 0 atom stereocenters. The fourth-order valence-corrected chi connectivity index (χ4v) is 1.31. The highest BCUT2D eigenvalue weighted by molar-refractivity contribution is 7.91. The topological polar surface area (TPSA) is 104 Å². The van der Waals surface area contributed by atoms with Crippen LogP contribution in [0.2, 0.25) is 0 Å². The van der Waals surface area contributed by atoms with Crippen LogP contribution in [0.4, 0.5) is 4.79 Å². The van der Waals surface area contributed by atoms with Crippen LogP contribution in [-0.2, 0) is 14.6 Å². The van der Waals surface area contributed by atoms with E-state index >= 15 is 0 Å². The van der Waals surface area contributed by atoms with E-state index < -0.39 is 35.0 Å². The molecule has 0 bridgehead atoms. The number of sulfone groups is 1. The van der Waals surface area contributed by atoms with E-state index in [-0.39, 0.29) is 5.75 Å². The van der Waals surface area contributed by atoms with Crippen molar-refractivity contribution < 1.29 is 28.2 Å². The third kappa shape index (κ3) is 5.93. The number of hydrogen-bond donors (Lipinski definition) is 1. The molecule has 0 amide bonds. The summed E-state index contributed by atoms with van der Waals surface area (Å²) in [6.07, 6.45) is -1.76. The molecule has 0 fully saturated rings. The molecule has 0 saturated carbocycles. The molecule has 0 aliphatic rings. The molecule has 0 spiro atoms. The molecule has 0 rings (SSSR count). The Morgan fingerprint density at radius 1 is 1.42 bits per heavy atom. The number of carbonyl (C=O) groups is 1. The fourth-order valence-electron chi connectivity index (χ4n) is 0.493. The van der Waals surface area contributed by atoms with Crippen molar-refractivity contribution >= 4 is 16.0 Å². The summed E-state index contributed by atoms with van der Waals surface area (Å²) in [6.45, 7) is -0.932. The lowest BCUT2D eigenvalue weighted by atomic mass is 10.8. The lowest BCUT2D eigenvalue weighted by Gasteiger charge is -2.07. The van der Waals surface area contributed by atoms with Crippen molar-refractivity contribution in [1.29, 1.82) is 0 Å². The summed E-state index contributed by atoms with van der Waals surface area (Å²) in [5.74, 6) is -0.815. The minimum absolute atomic E-state index is 0.386. The third-order valence-electron chi connectivity index (χ3n) is 1.02. The molecule has 0 aliphatic carbocycles. The van der Waals surface area contributed by atoms with Crippen molar-refractivity contribution in [2.24, 2.45) is 0 Å². The van der Waals surface area contributed by atoms with Gasteiger partial charge in [0, 0.05) is 6.61 Å². The number of hydrogen-bond acceptors (Lipinski definition) is 6. The zero-order valence-electron chi connectivity index (χ0n) is 6.23. The average Bonchev–Trinajstić information content (AvgIpc) is 1.85. The molecule has 0 aromatic heterocycles. The van der Waals surface area contributed by atoms with Gasteiger partial charge in [0.25, 0.3) is 6.16 Å². The first kappa shape index (κ1) is 11.2. The van der Waals surface area contributed by atoms with E-state index in [0.717, 1.165) is 0 Å². The number of ether oxygens (including phenoxy) is 1. The second-order valence-corrected chi connectivity index (χ2v) is 4.28. The fraction of sp³-hybridized carbons (Fsp3) is 0.800. The Bertz CT molecular complexity index is 230. The van der Waals surface area contributed by atoms with Crippen LogP contribution in [0.5, 0.6) is 0 Å². The van der Waals surface area contributed by atoms with Crippen LogP contribution in [0, 0.1) is 0 Å². The van der Waals surface area contributed by atoms with E-state index in [9.17, 15) is 18.3 Å². The van der Waals surface area contributed by atoms with E-state index in [0.29, 0.717) is 0 Å². The molecule has 0 aromatic rings. The largest absolute Gasteiger partial charge is 0.549 e. The summed E-state index contributed by atoms with van der Waals surface area (Å²) < 4.78 is 25.4. The quantitative estimate of drug-likeness (QED) is 0.499. The van der Waals surface area contributed by atoms with Gasteiger partial charge in [0.05, 0.1) is 18.1 Å². The predicted octanol–water partition coefficient (Wildman–Crippen LogP) is -2.25. The summed E-state index contributed by atoms with van der Waals surface area (Å²) >= 11 is 0. The smallest absolute Gasteiger partial charge is 0.252 e. The van der Waals surface area contributed by atoms with Crippen molar-refractivity contribution in [2.45, 2.75) is 0 Å². The molecule has 0 radical (unpaired) electrons. The molecular formula is C5H9O6S-. The Hall–Kier alpha value is -0.820. The average molecular weight is 197 g/mol. The molecule has 1 N–H and O–H groups in total. The van der Waals surface area contributed by atoms with Crippen LogP contribution >= 0.6 is 0 Å². The van der Waals surface area contributed by atoms with Gasteiger partial charge in [-0.2, -0.15) is 0 Å². The molecule has 0 aromatic carbocycles. The highest BCUT2D eigenvalue weighted by atomic mass is 32.2. The van der Waals surface area contributed by atoms with Crippen molar-refractivity contribution in [3.63, 3.8) is 0 Å². The van der Waals surface area contributed by atoms with E-state index in [1.165, 1.54) is 0 Å². The highest BCUT2D eigenvalue weighted by Gasteiger charge is 2.08. The molecule has 6 nitrogen and oxygen atoms in total. The molecule has 12 heavy (non-hydrogen) atoms. The Morgan fingerprint density at radius 2 is 2.00 bits per heavy atom. The Morgan fingerprint density at radius 3 is 2.42 bits per heavy atom. The van der Waals surface area contributed by atoms with E-state index in [4.69, 9.17) is 5.11 Å². The van der Waals surface area contributed by atoms with Gasteiger partial charge >= 0.3 is 0 Å². The normalized spacial score (nSPS) is 11.1. The summed E-state index contributed by atoms with van der Waals surface area (Å²) in [4.78, 5) is 9.67. The van der Waals surface area contributed by atoms with Crippen LogP contribution in [0.3, 0.4) is 0 Å². The number of aliphatic hydroxyl groups excluding tert-OH is 1. The van der Waals surface area contributed by atoms with Gasteiger partial charge in [-0.1, -0.05) is 0 Å². The van der Waals surface area contributed by atoms with Crippen molar-refractivity contribution in [3.8, 4) is 0 Å². The molecule has 0 aliphatic heterocycles.